The van der Waals surface area contributed by atoms with Gasteiger partial charge in [-0.3, -0.25) is 4.79 Å². The van der Waals surface area contributed by atoms with Crippen LogP contribution in [0.15, 0.2) is 42.5 Å². The van der Waals surface area contributed by atoms with Gasteiger partial charge in [0.05, 0.1) is 0 Å². The van der Waals surface area contributed by atoms with Gasteiger partial charge >= 0.3 is 0 Å². The normalized spacial score (nSPS) is 12.8. The van der Waals surface area contributed by atoms with Crippen LogP contribution in [-0.4, -0.2) is 31.3 Å². The Morgan fingerprint density at radius 1 is 1.12 bits per heavy atom. The molecule has 0 unspecified atom stereocenters. The predicted molar refractivity (Wildman–Crippen MR) is 99.7 cm³/mol. The Bertz CT molecular complexity index is 795. The van der Waals surface area contributed by atoms with Crippen LogP contribution in [0, 0.1) is 0 Å². The maximum atomic E-state index is 12.5. The predicted octanol–water partition coefficient (Wildman–Crippen LogP) is 3.75. The summed E-state index contributed by atoms with van der Waals surface area (Å²) in [5.41, 5.74) is 2.03. The highest BCUT2D eigenvalue weighted by Crippen LogP contribution is 2.33. The summed E-state index contributed by atoms with van der Waals surface area (Å²) < 4.78 is 16.5. The second-order valence-corrected chi connectivity index (χ2v) is 7.47. The fraction of sp³-hybridized carbons (Fsp3) is 0.381. The Hall–Kier alpha value is -2.69. The third kappa shape index (κ3) is 4.10. The number of amides is 1. The van der Waals surface area contributed by atoms with Crippen molar-refractivity contribution in [2.75, 3.05) is 20.4 Å². The van der Waals surface area contributed by atoms with Gasteiger partial charge in [0.1, 0.15) is 5.75 Å². The van der Waals surface area contributed by atoms with Crippen molar-refractivity contribution in [3.8, 4) is 17.2 Å². The Balaban J connectivity index is 1.60. The van der Waals surface area contributed by atoms with Crippen LogP contribution in [0.2, 0.25) is 0 Å². The van der Waals surface area contributed by atoms with E-state index in [9.17, 15) is 4.79 Å². The molecule has 2 aromatic carbocycles. The first-order valence-corrected chi connectivity index (χ1v) is 8.69. The number of carbonyl (C=O) groups is 1. The zero-order chi connectivity index (χ0) is 18.7. The number of hydrogen-bond donors (Lipinski definition) is 0. The molecule has 138 valence electrons. The number of ether oxygens (including phenoxy) is 3. The number of para-hydroxylation sites is 1. The Morgan fingerprint density at radius 2 is 1.85 bits per heavy atom. The van der Waals surface area contributed by atoms with Crippen LogP contribution in [0.3, 0.4) is 0 Å². The van der Waals surface area contributed by atoms with Crippen LogP contribution in [-0.2, 0) is 16.8 Å². The maximum absolute atomic E-state index is 12.5. The van der Waals surface area contributed by atoms with Crippen molar-refractivity contribution in [2.24, 2.45) is 0 Å². The van der Waals surface area contributed by atoms with E-state index >= 15 is 0 Å². The van der Waals surface area contributed by atoms with Gasteiger partial charge in [-0.2, -0.15) is 0 Å². The van der Waals surface area contributed by atoms with Crippen molar-refractivity contribution in [1.82, 2.24) is 4.90 Å². The zero-order valence-corrected chi connectivity index (χ0v) is 15.7. The van der Waals surface area contributed by atoms with Crippen molar-refractivity contribution in [2.45, 2.75) is 32.7 Å². The van der Waals surface area contributed by atoms with E-state index in [2.05, 4.69) is 20.8 Å². The molecule has 0 atom stereocenters. The molecule has 26 heavy (non-hydrogen) atoms. The van der Waals surface area contributed by atoms with Crippen LogP contribution in [0.4, 0.5) is 0 Å². The summed E-state index contributed by atoms with van der Waals surface area (Å²) in [6.45, 7) is 7.12. The third-order valence-corrected chi connectivity index (χ3v) is 4.33. The Kier molecular flexibility index (Phi) is 5.07. The molecule has 0 N–H and O–H groups in total. The van der Waals surface area contributed by atoms with Crippen LogP contribution in [0.5, 0.6) is 17.2 Å². The van der Waals surface area contributed by atoms with Crippen LogP contribution in [0.25, 0.3) is 0 Å². The standard InChI is InChI=1S/C21H25NO4/c1-21(2,3)16-7-5-6-8-17(16)24-13-20(23)22(4)12-15-9-10-18-19(11-15)26-14-25-18/h5-11H,12-14H2,1-4H3. The molecule has 0 aromatic heterocycles. The number of likely N-dealkylation sites (N-methyl/N-ethyl adjacent to an activating group) is 1. The molecule has 3 rings (SSSR count). The van der Waals surface area contributed by atoms with Crippen LogP contribution < -0.4 is 14.2 Å². The number of nitrogens with zero attached hydrogens (tertiary/aromatic N) is 1. The van der Waals surface area contributed by atoms with E-state index in [1.807, 2.05) is 42.5 Å². The highest BCUT2D eigenvalue weighted by molar-refractivity contribution is 5.77. The minimum Gasteiger partial charge on any atom is -0.483 e. The molecular weight excluding hydrogens is 330 g/mol. The van der Waals surface area contributed by atoms with E-state index in [0.717, 1.165) is 28.4 Å². The fourth-order valence-electron chi connectivity index (χ4n) is 2.86. The van der Waals surface area contributed by atoms with E-state index in [1.165, 1.54) is 0 Å². The van der Waals surface area contributed by atoms with Gasteiger partial charge in [0.2, 0.25) is 6.79 Å². The first kappa shape index (κ1) is 18.1. The highest BCUT2D eigenvalue weighted by atomic mass is 16.7. The van der Waals surface area contributed by atoms with E-state index in [0.29, 0.717) is 6.54 Å². The van der Waals surface area contributed by atoms with Crippen molar-refractivity contribution in [3.05, 3.63) is 53.6 Å². The van der Waals surface area contributed by atoms with E-state index in [-0.39, 0.29) is 24.7 Å². The minimum atomic E-state index is -0.0774. The van der Waals surface area contributed by atoms with Gasteiger partial charge < -0.3 is 19.1 Å². The molecule has 1 aliphatic heterocycles. The van der Waals surface area contributed by atoms with Gasteiger partial charge in [0, 0.05) is 13.6 Å². The number of carbonyl (C=O) groups excluding carboxylic acids is 1. The summed E-state index contributed by atoms with van der Waals surface area (Å²) in [4.78, 5) is 14.1. The molecule has 2 aromatic rings. The SMILES string of the molecule is CN(Cc1ccc2c(c1)OCO2)C(=O)COc1ccccc1C(C)(C)C. The first-order chi connectivity index (χ1) is 12.3. The summed E-state index contributed by atoms with van der Waals surface area (Å²) in [7, 11) is 1.77. The summed E-state index contributed by atoms with van der Waals surface area (Å²) in [5, 5.41) is 0. The van der Waals surface area contributed by atoms with Gasteiger partial charge in [-0.15, -0.1) is 0 Å². The number of fused-ring (bicyclic) bond motifs is 1. The molecular formula is C21H25NO4. The molecule has 0 saturated carbocycles. The second kappa shape index (κ2) is 7.28. The highest BCUT2D eigenvalue weighted by Gasteiger charge is 2.20. The Morgan fingerprint density at radius 3 is 2.62 bits per heavy atom. The summed E-state index contributed by atoms with van der Waals surface area (Å²) in [5.74, 6) is 2.14. The summed E-state index contributed by atoms with van der Waals surface area (Å²) >= 11 is 0. The summed E-state index contributed by atoms with van der Waals surface area (Å²) in [6, 6.07) is 13.6. The first-order valence-electron chi connectivity index (χ1n) is 8.69. The monoisotopic (exact) mass is 355 g/mol. The molecule has 0 radical (unpaired) electrons. The molecule has 0 aliphatic carbocycles. The van der Waals surface area contributed by atoms with Crippen molar-refractivity contribution in [1.29, 1.82) is 0 Å². The van der Waals surface area contributed by atoms with Crippen LogP contribution in [0.1, 0.15) is 31.9 Å². The number of benzene rings is 2. The lowest BCUT2D eigenvalue weighted by Gasteiger charge is -2.23. The molecule has 0 saturated heterocycles. The molecule has 1 amide bonds. The topological polar surface area (TPSA) is 48.0 Å². The maximum Gasteiger partial charge on any atom is 0.260 e. The molecule has 5 heteroatoms. The smallest absolute Gasteiger partial charge is 0.260 e. The largest absolute Gasteiger partial charge is 0.483 e. The number of hydrogen-bond acceptors (Lipinski definition) is 4. The van der Waals surface area contributed by atoms with E-state index in [1.54, 1.807) is 11.9 Å². The van der Waals surface area contributed by atoms with Gasteiger partial charge in [-0.1, -0.05) is 45.0 Å². The lowest BCUT2D eigenvalue weighted by Crippen LogP contribution is -2.31. The van der Waals surface area contributed by atoms with Gasteiger partial charge in [0.25, 0.3) is 5.91 Å². The lowest BCUT2D eigenvalue weighted by molar-refractivity contribution is -0.132. The molecule has 1 aliphatic rings. The van der Waals surface area contributed by atoms with E-state index in [4.69, 9.17) is 14.2 Å². The van der Waals surface area contributed by atoms with Gasteiger partial charge in [-0.25, -0.2) is 0 Å². The molecule has 0 spiro atoms. The van der Waals surface area contributed by atoms with Crippen molar-refractivity contribution < 1.29 is 19.0 Å². The zero-order valence-electron chi connectivity index (χ0n) is 15.7. The lowest BCUT2D eigenvalue weighted by atomic mass is 9.86. The third-order valence-electron chi connectivity index (χ3n) is 4.33. The Labute approximate surface area is 154 Å². The van der Waals surface area contributed by atoms with Crippen LogP contribution >= 0.6 is 0 Å². The van der Waals surface area contributed by atoms with Crippen molar-refractivity contribution >= 4 is 5.91 Å². The quantitative estimate of drug-likeness (QED) is 0.820. The van der Waals surface area contributed by atoms with Gasteiger partial charge in [-0.05, 0) is 34.7 Å². The molecule has 5 nitrogen and oxygen atoms in total. The molecule has 0 fully saturated rings. The average molecular weight is 355 g/mol. The molecule has 0 bridgehead atoms. The number of rotatable bonds is 5. The second-order valence-electron chi connectivity index (χ2n) is 7.47. The average Bonchev–Trinajstić information content (AvgIpc) is 3.06. The summed E-state index contributed by atoms with van der Waals surface area (Å²) in [6.07, 6.45) is 0. The van der Waals surface area contributed by atoms with Crippen molar-refractivity contribution in [3.63, 3.8) is 0 Å². The van der Waals surface area contributed by atoms with E-state index < -0.39 is 0 Å². The fourth-order valence-corrected chi connectivity index (χ4v) is 2.86. The van der Waals surface area contributed by atoms with Gasteiger partial charge in [0.15, 0.2) is 18.1 Å². The molecule has 1 heterocycles. The minimum absolute atomic E-state index is 0.00808.